The van der Waals surface area contributed by atoms with Crippen LogP contribution < -0.4 is 0 Å². The molecule has 0 aliphatic carbocycles. The second-order valence-corrected chi connectivity index (χ2v) is 9.31. The van der Waals surface area contributed by atoms with Crippen molar-refractivity contribution in [1.82, 2.24) is 4.48 Å². The van der Waals surface area contributed by atoms with E-state index in [1.54, 1.807) is 45.1 Å². The van der Waals surface area contributed by atoms with E-state index in [0.29, 0.717) is 35.4 Å². The molecule has 0 unspecified atom stereocenters. The van der Waals surface area contributed by atoms with Crippen LogP contribution in [-0.4, -0.2) is 23.3 Å². The van der Waals surface area contributed by atoms with E-state index < -0.39 is 34.6 Å². The fraction of sp³-hybridized carbons (Fsp3) is 0.233. The lowest BCUT2D eigenvalue weighted by Gasteiger charge is -2.18. The second-order valence-electron chi connectivity index (χ2n) is 9.31. The smallest absolute Gasteiger partial charge is 0.234 e. The minimum Gasteiger partial charge on any atom is -0.508 e. The van der Waals surface area contributed by atoms with Gasteiger partial charge in [0.25, 0.3) is 0 Å². The van der Waals surface area contributed by atoms with E-state index in [1.807, 2.05) is 13.8 Å². The molecule has 3 aromatic rings. The minimum absolute atomic E-state index is 0.0652. The zero-order chi connectivity index (χ0) is 28.8. The molecule has 200 valence electrons. The summed E-state index contributed by atoms with van der Waals surface area (Å²) in [7, 11) is 6.36. The third-order valence-corrected chi connectivity index (χ3v) is 7.16. The lowest BCUT2D eigenvalue weighted by atomic mass is 9.91. The number of nitrogens with zero attached hydrogens (tertiary/aromatic N) is 2. The van der Waals surface area contributed by atoms with Crippen LogP contribution >= 0.6 is 0 Å². The minimum atomic E-state index is -2.24. The fourth-order valence-electron chi connectivity index (χ4n) is 5.11. The predicted octanol–water partition coefficient (Wildman–Crippen LogP) is 7.65. The Morgan fingerprint density at radius 3 is 1.95 bits per heavy atom. The molecule has 1 aromatic heterocycles. The SMILES string of the molecule is [B]n1c(C)c(CC)c(C)c1/C(=C1N=C(/C=C/c2ccc(O)cc2)C(CC)=C\1C)c1c(F)c(F)c(F)c(F)c1F. The van der Waals surface area contributed by atoms with Crippen molar-refractivity contribution in [2.75, 3.05) is 0 Å². The van der Waals surface area contributed by atoms with Crippen molar-refractivity contribution in [2.24, 2.45) is 4.99 Å². The molecular weight excluding hydrogens is 510 g/mol. The van der Waals surface area contributed by atoms with Gasteiger partial charge in [0.1, 0.15) is 5.75 Å². The lowest BCUT2D eigenvalue weighted by molar-refractivity contribution is 0.376. The van der Waals surface area contributed by atoms with Gasteiger partial charge in [0.2, 0.25) is 13.8 Å². The Labute approximate surface area is 225 Å². The number of aliphatic imine (C=N–C) groups is 1. The highest BCUT2D eigenvalue weighted by molar-refractivity contribution is 6.15. The van der Waals surface area contributed by atoms with Crippen LogP contribution in [0.25, 0.3) is 11.6 Å². The Bertz CT molecular complexity index is 1580. The topological polar surface area (TPSA) is 37.5 Å². The number of halogens is 5. The molecule has 0 fully saturated rings. The average Bonchev–Trinajstić information content (AvgIpc) is 3.34. The molecule has 1 N–H and O–H groups in total. The maximum atomic E-state index is 15.3. The molecule has 0 atom stereocenters. The van der Waals surface area contributed by atoms with Gasteiger partial charge in [0.15, 0.2) is 23.3 Å². The number of allylic oxidation sites excluding steroid dienone is 3. The van der Waals surface area contributed by atoms with E-state index in [2.05, 4.69) is 4.99 Å². The van der Waals surface area contributed by atoms with E-state index in [9.17, 15) is 18.3 Å². The van der Waals surface area contributed by atoms with Gasteiger partial charge in [0.05, 0.1) is 17.0 Å². The van der Waals surface area contributed by atoms with Crippen LogP contribution in [0.1, 0.15) is 60.8 Å². The summed E-state index contributed by atoms with van der Waals surface area (Å²) in [5.74, 6) is -10.1. The molecule has 39 heavy (non-hydrogen) atoms. The van der Waals surface area contributed by atoms with E-state index in [-0.39, 0.29) is 22.7 Å². The van der Waals surface area contributed by atoms with Gasteiger partial charge in [-0.05, 0) is 79.7 Å². The fourth-order valence-corrected chi connectivity index (χ4v) is 5.11. The third-order valence-electron chi connectivity index (χ3n) is 7.16. The number of aromatic nitrogens is 1. The van der Waals surface area contributed by atoms with Crippen molar-refractivity contribution in [1.29, 1.82) is 0 Å². The molecule has 0 amide bonds. The number of hydrogen-bond donors (Lipinski definition) is 1. The van der Waals surface area contributed by atoms with Crippen LogP contribution in [0.3, 0.4) is 0 Å². The molecule has 4 rings (SSSR count). The number of rotatable bonds is 6. The number of hydrogen-bond acceptors (Lipinski definition) is 2. The molecule has 0 spiro atoms. The predicted molar refractivity (Wildman–Crippen MR) is 144 cm³/mol. The molecule has 1 aliphatic rings. The van der Waals surface area contributed by atoms with Gasteiger partial charge in [-0.1, -0.05) is 32.1 Å². The van der Waals surface area contributed by atoms with Gasteiger partial charge in [-0.25, -0.2) is 26.9 Å². The van der Waals surface area contributed by atoms with Gasteiger partial charge in [-0.3, -0.25) is 0 Å². The summed E-state index contributed by atoms with van der Waals surface area (Å²) in [4.78, 5) is 4.66. The van der Waals surface area contributed by atoms with Gasteiger partial charge in [-0.15, -0.1) is 0 Å². The van der Waals surface area contributed by atoms with Crippen molar-refractivity contribution in [2.45, 2.75) is 47.5 Å². The first-order chi connectivity index (χ1) is 18.4. The van der Waals surface area contributed by atoms with Crippen LogP contribution in [0.15, 0.2) is 52.2 Å². The van der Waals surface area contributed by atoms with E-state index in [4.69, 9.17) is 7.98 Å². The summed E-state index contributed by atoms with van der Waals surface area (Å²) in [6.07, 6.45) is 4.47. The van der Waals surface area contributed by atoms with Gasteiger partial charge < -0.3 is 9.58 Å². The number of benzene rings is 2. The molecule has 0 saturated heterocycles. The molecule has 0 bridgehead atoms. The monoisotopic (exact) mass is 536 g/mol. The first kappa shape index (κ1) is 28.1. The zero-order valence-corrected chi connectivity index (χ0v) is 22.2. The van der Waals surface area contributed by atoms with Crippen molar-refractivity contribution >= 4 is 25.3 Å². The highest BCUT2D eigenvalue weighted by Gasteiger charge is 2.34. The standard InChI is InChI=1S/C30H26BF5N2O/c1-6-19-15(4)30(38(31)16(19)5)23(22-24(32)26(34)28(36)27(35)25(22)33)29-14(3)20(7-2)21(37-29)13-10-17-8-11-18(39)12-9-17/h8-13,39H,6-7H2,1-5H3/b13-10+,29-23-. The number of aromatic hydroxyl groups is 1. The van der Waals surface area contributed by atoms with Gasteiger partial charge >= 0.3 is 0 Å². The average molecular weight is 536 g/mol. The summed E-state index contributed by atoms with van der Waals surface area (Å²) in [6.45, 7) is 8.86. The Balaban J connectivity index is 2.11. The van der Waals surface area contributed by atoms with Crippen molar-refractivity contribution in [3.8, 4) is 5.75 Å². The lowest BCUT2D eigenvalue weighted by Crippen LogP contribution is -2.12. The highest BCUT2D eigenvalue weighted by Crippen LogP contribution is 2.42. The van der Waals surface area contributed by atoms with Gasteiger partial charge in [0, 0.05) is 17.0 Å². The van der Waals surface area contributed by atoms with E-state index in [1.165, 1.54) is 16.6 Å². The number of phenols is 1. The molecule has 3 nitrogen and oxygen atoms in total. The number of phenolic OH excluding ortho intramolecular Hbond substituents is 1. The zero-order valence-electron chi connectivity index (χ0n) is 22.2. The van der Waals surface area contributed by atoms with Crippen molar-refractivity contribution in [3.05, 3.63) is 110 Å². The maximum Gasteiger partial charge on any atom is 0.234 e. The molecule has 9 heteroatoms. The first-order valence-electron chi connectivity index (χ1n) is 12.4. The van der Waals surface area contributed by atoms with Crippen LogP contribution in [0.4, 0.5) is 22.0 Å². The summed E-state index contributed by atoms with van der Waals surface area (Å²) in [6, 6.07) is 6.44. The largest absolute Gasteiger partial charge is 0.508 e. The highest BCUT2D eigenvalue weighted by atomic mass is 19.2. The molecule has 2 aromatic carbocycles. The van der Waals surface area contributed by atoms with Crippen molar-refractivity contribution < 1.29 is 27.1 Å². The summed E-state index contributed by atoms with van der Waals surface area (Å²) >= 11 is 0. The van der Waals surface area contributed by atoms with Crippen LogP contribution in [-0.2, 0) is 6.42 Å². The van der Waals surface area contributed by atoms with Crippen LogP contribution in [0.5, 0.6) is 5.75 Å². The molecule has 0 saturated carbocycles. The molecule has 1 aliphatic heterocycles. The molecule has 2 heterocycles. The molecule has 2 radical (unpaired) electrons. The van der Waals surface area contributed by atoms with Crippen molar-refractivity contribution in [3.63, 3.8) is 0 Å². The Kier molecular flexibility index (Phi) is 7.73. The van der Waals surface area contributed by atoms with Crippen LogP contribution in [0, 0.1) is 42.9 Å². The Morgan fingerprint density at radius 2 is 1.44 bits per heavy atom. The normalized spacial score (nSPS) is 15.1. The second kappa shape index (κ2) is 10.7. The Morgan fingerprint density at radius 1 is 0.872 bits per heavy atom. The van der Waals surface area contributed by atoms with E-state index in [0.717, 1.165) is 16.7 Å². The summed E-state index contributed by atoms with van der Waals surface area (Å²) in [5, 5.41) is 9.54. The first-order valence-corrected chi connectivity index (χ1v) is 12.4. The Hall–Kier alpha value is -3.88. The van der Waals surface area contributed by atoms with Gasteiger partial charge in [-0.2, -0.15) is 0 Å². The maximum absolute atomic E-state index is 15.3. The molecular formula is C30H26BF5N2O. The third kappa shape index (κ3) is 4.64. The summed E-state index contributed by atoms with van der Waals surface area (Å²) < 4.78 is 74.9. The quantitative estimate of drug-likeness (QED) is 0.149. The van der Waals surface area contributed by atoms with Crippen LogP contribution in [0.2, 0.25) is 0 Å². The summed E-state index contributed by atoms with van der Waals surface area (Å²) in [5.41, 5.74) is 3.26. The van der Waals surface area contributed by atoms with E-state index >= 15 is 8.78 Å².